The fraction of sp³-hybridized carbons (Fsp3) is 0.667. The Morgan fingerprint density at radius 2 is 1.58 bits per heavy atom. The van der Waals surface area contributed by atoms with Crippen LogP contribution in [0.25, 0.3) is 0 Å². The Balaban J connectivity index is 1.69. The predicted molar refractivity (Wildman–Crippen MR) is 99.3 cm³/mol. The first-order chi connectivity index (χ1) is 12.5. The monoisotopic (exact) mass is 360 g/mol. The van der Waals surface area contributed by atoms with Gasteiger partial charge in [0.15, 0.2) is 0 Å². The van der Waals surface area contributed by atoms with Crippen LogP contribution in [0.15, 0.2) is 6.07 Å². The van der Waals surface area contributed by atoms with Crippen molar-refractivity contribution in [3.63, 3.8) is 0 Å². The molecule has 1 aromatic heterocycles. The van der Waals surface area contributed by atoms with E-state index in [9.17, 15) is 9.59 Å². The molecule has 0 saturated carbocycles. The molecular formula is C18H28N6O2. The Morgan fingerprint density at radius 3 is 2.15 bits per heavy atom. The van der Waals surface area contributed by atoms with Crippen molar-refractivity contribution in [2.75, 3.05) is 63.8 Å². The molecular weight excluding hydrogens is 332 g/mol. The van der Waals surface area contributed by atoms with Gasteiger partial charge in [0, 0.05) is 65.0 Å². The van der Waals surface area contributed by atoms with E-state index in [0.29, 0.717) is 37.8 Å². The number of hydrogen-bond donors (Lipinski definition) is 0. The highest BCUT2D eigenvalue weighted by molar-refractivity contribution is 5.93. The molecule has 3 rings (SSSR count). The largest absolute Gasteiger partial charge is 0.339 e. The first kappa shape index (κ1) is 18.6. The summed E-state index contributed by atoms with van der Waals surface area (Å²) in [6.07, 6.45) is 0. The molecule has 2 aliphatic rings. The van der Waals surface area contributed by atoms with Gasteiger partial charge in [-0.1, -0.05) is 6.92 Å². The third kappa shape index (κ3) is 4.12. The number of rotatable bonds is 3. The molecule has 142 valence electrons. The van der Waals surface area contributed by atoms with E-state index >= 15 is 0 Å². The summed E-state index contributed by atoms with van der Waals surface area (Å²) in [6, 6.07) is 1.76. The van der Waals surface area contributed by atoms with Crippen molar-refractivity contribution >= 4 is 17.8 Å². The van der Waals surface area contributed by atoms with Gasteiger partial charge < -0.3 is 19.6 Å². The van der Waals surface area contributed by atoms with Gasteiger partial charge in [-0.15, -0.1) is 0 Å². The lowest BCUT2D eigenvalue weighted by Crippen LogP contribution is -2.50. The Bertz CT molecular complexity index is 664. The van der Waals surface area contributed by atoms with Crippen molar-refractivity contribution in [2.24, 2.45) is 0 Å². The molecule has 2 aliphatic heterocycles. The molecule has 2 saturated heterocycles. The van der Waals surface area contributed by atoms with E-state index in [1.54, 1.807) is 22.8 Å². The maximum Gasteiger partial charge on any atom is 0.272 e. The van der Waals surface area contributed by atoms with Crippen LogP contribution in [0.3, 0.4) is 0 Å². The molecule has 0 aromatic carbocycles. The predicted octanol–water partition coefficient (Wildman–Crippen LogP) is 0.231. The number of carbonyl (C=O) groups excluding carboxylic acids is 2. The van der Waals surface area contributed by atoms with E-state index in [4.69, 9.17) is 0 Å². The lowest BCUT2D eigenvalue weighted by atomic mass is 10.2. The van der Waals surface area contributed by atoms with E-state index in [2.05, 4.69) is 26.7 Å². The second-order valence-electron chi connectivity index (χ2n) is 6.91. The van der Waals surface area contributed by atoms with Gasteiger partial charge in [-0.3, -0.25) is 9.59 Å². The summed E-state index contributed by atoms with van der Waals surface area (Å²) >= 11 is 0. The van der Waals surface area contributed by atoms with Crippen molar-refractivity contribution < 1.29 is 9.59 Å². The maximum atomic E-state index is 12.9. The molecule has 0 atom stereocenters. The van der Waals surface area contributed by atoms with Crippen LogP contribution >= 0.6 is 0 Å². The summed E-state index contributed by atoms with van der Waals surface area (Å²) in [6.45, 7) is 12.7. The van der Waals surface area contributed by atoms with Crippen molar-refractivity contribution in [2.45, 2.75) is 20.8 Å². The molecule has 0 spiro atoms. The zero-order valence-electron chi connectivity index (χ0n) is 15.9. The third-order valence-corrected chi connectivity index (χ3v) is 5.18. The number of anilines is 1. The second kappa shape index (κ2) is 7.99. The molecule has 0 aliphatic carbocycles. The van der Waals surface area contributed by atoms with Crippen LogP contribution in [0, 0.1) is 6.92 Å². The Labute approximate surface area is 154 Å². The number of aryl methyl sites for hydroxylation is 1. The maximum absolute atomic E-state index is 12.9. The molecule has 8 nitrogen and oxygen atoms in total. The zero-order valence-corrected chi connectivity index (χ0v) is 15.9. The molecule has 1 aromatic rings. The Morgan fingerprint density at radius 1 is 0.962 bits per heavy atom. The number of nitrogens with zero attached hydrogens (tertiary/aromatic N) is 6. The SMILES string of the molecule is CCN1CCN(c2nc(C)cc(C(=O)N3CCN(C(C)=O)CC3)n2)CC1. The first-order valence-electron chi connectivity index (χ1n) is 9.35. The number of piperazine rings is 2. The smallest absolute Gasteiger partial charge is 0.272 e. The Kier molecular flexibility index (Phi) is 5.70. The number of carbonyl (C=O) groups is 2. The highest BCUT2D eigenvalue weighted by Gasteiger charge is 2.26. The van der Waals surface area contributed by atoms with Gasteiger partial charge in [0.05, 0.1) is 0 Å². The number of aromatic nitrogens is 2. The van der Waals surface area contributed by atoms with Gasteiger partial charge in [0.2, 0.25) is 11.9 Å². The van der Waals surface area contributed by atoms with Gasteiger partial charge >= 0.3 is 0 Å². The van der Waals surface area contributed by atoms with E-state index in [1.807, 2.05) is 6.92 Å². The molecule has 3 heterocycles. The third-order valence-electron chi connectivity index (χ3n) is 5.18. The minimum absolute atomic E-state index is 0.0588. The van der Waals surface area contributed by atoms with E-state index in [0.717, 1.165) is 38.4 Å². The normalized spacial score (nSPS) is 19.0. The van der Waals surface area contributed by atoms with Crippen LogP contribution in [0.5, 0.6) is 0 Å². The van der Waals surface area contributed by atoms with Gasteiger partial charge in [0.1, 0.15) is 5.69 Å². The van der Waals surface area contributed by atoms with Crippen LogP contribution in [0.1, 0.15) is 30.0 Å². The molecule has 8 heteroatoms. The number of likely N-dealkylation sites (N-methyl/N-ethyl adjacent to an activating group) is 1. The fourth-order valence-electron chi connectivity index (χ4n) is 3.45. The molecule has 0 unspecified atom stereocenters. The summed E-state index contributed by atoms with van der Waals surface area (Å²) in [7, 11) is 0. The first-order valence-corrected chi connectivity index (χ1v) is 9.35. The van der Waals surface area contributed by atoms with E-state index in [1.165, 1.54) is 0 Å². The topological polar surface area (TPSA) is 72.9 Å². The van der Waals surface area contributed by atoms with Gasteiger partial charge in [-0.05, 0) is 19.5 Å². The summed E-state index contributed by atoms with van der Waals surface area (Å²) in [5.74, 6) is 0.627. The van der Waals surface area contributed by atoms with Crippen molar-refractivity contribution in [3.8, 4) is 0 Å². The van der Waals surface area contributed by atoms with Crippen LogP contribution in [-0.4, -0.2) is 95.4 Å². The average Bonchev–Trinajstić information content (AvgIpc) is 2.67. The lowest BCUT2D eigenvalue weighted by Gasteiger charge is -2.35. The molecule has 0 N–H and O–H groups in total. The molecule has 0 radical (unpaired) electrons. The molecule has 26 heavy (non-hydrogen) atoms. The number of hydrogen-bond acceptors (Lipinski definition) is 6. The van der Waals surface area contributed by atoms with Gasteiger partial charge in [-0.2, -0.15) is 0 Å². The summed E-state index contributed by atoms with van der Waals surface area (Å²) in [5, 5.41) is 0. The lowest BCUT2D eigenvalue weighted by molar-refractivity contribution is -0.130. The summed E-state index contributed by atoms with van der Waals surface area (Å²) in [5.41, 5.74) is 1.25. The van der Waals surface area contributed by atoms with Gasteiger partial charge in [-0.25, -0.2) is 9.97 Å². The van der Waals surface area contributed by atoms with E-state index in [-0.39, 0.29) is 11.8 Å². The van der Waals surface area contributed by atoms with Crippen LogP contribution < -0.4 is 4.90 Å². The minimum Gasteiger partial charge on any atom is -0.339 e. The minimum atomic E-state index is -0.0767. The zero-order chi connectivity index (χ0) is 18.7. The highest BCUT2D eigenvalue weighted by atomic mass is 16.2. The summed E-state index contributed by atoms with van der Waals surface area (Å²) in [4.78, 5) is 41.5. The Hall–Kier alpha value is -2.22. The van der Waals surface area contributed by atoms with E-state index < -0.39 is 0 Å². The summed E-state index contributed by atoms with van der Waals surface area (Å²) < 4.78 is 0. The quantitative estimate of drug-likeness (QED) is 0.768. The van der Waals surface area contributed by atoms with Crippen molar-refractivity contribution in [1.29, 1.82) is 0 Å². The standard InChI is InChI=1S/C18H28N6O2/c1-4-21-5-7-24(8-6-21)18-19-14(2)13-16(20-18)17(26)23-11-9-22(10-12-23)15(3)25/h13H,4-12H2,1-3H3. The molecule has 0 bridgehead atoms. The highest BCUT2D eigenvalue weighted by Crippen LogP contribution is 2.15. The van der Waals surface area contributed by atoms with Crippen LogP contribution in [-0.2, 0) is 4.79 Å². The average molecular weight is 360 g/mol. The van der Waals surface area contributed by atoms with Crippen molar-refractivity contribution in [1.82, 2.24) is 24.7 Å². The molecule has 2 amide bonds. The second-order valence-corrected chi connectivity index (χ2v) is 6.91. The number of amides is 2. The molecule has 2 fully saturated rings. The van der Waals surface area contributed by atoms with Crippen molar-refractivity contribution in [3.05, 3.63) is 17.5 Å². The fourth-order valence-corrected chi connectivity index (χ4v) is 3.45. The van der Waals surface area contributed by atoms with Crippen LogP contribution in [0.4, 0.5) is 5.95 Å². The van der Waals surface area contributed by atoms with Crippen LogP contribution in [0.2, 0.25) is 0 Å². The van der Waals surface area contributed by atoms with Gasteiger partial charge in [0.25, 0.3) is 5.91 Å².